The minimum Gasteiger partial charge on any atom is -0.374 e. The summed E-state index contributed by atoms with van der Waals surface area (Å²) >= 11 is 0. The molecule has 3 fully saturated rings. The van der Waals surface area contributed by atoms with E-state index in [1.165, 1.54) is 0 Å². The van der Waals surface area contributed by atoms with Gasteiger partial charge in [0.15, 0.2) is 5.96 Å². The number of nitrogens with zero attached hydrogens (tertiary/aromatic N) is 4. The topological polar surface area (TPSA) is 69.6 Å². The van der Waals surface area contributed by atoms with Gasteiger partial charge in [-0.05, 0) is 18.8 Å². The van der Waals surface area contributed by atoms with Gasteiger partial charge in [0.05, 0.1) is 12.7 Å². The first kappa shape index (κ1) is 21.3. The first-order chi connectivity index (χ1) is 13.6. The first-order valence-corrected chi connectivity index (χ1v) is 10.8. The van der Waals surface area contributed by atoms with Gasteiger partial charge in [-0.1, -0.05) is 13.8 Å². The summed E-state index contributed by atoms with van der Waals surface area (Å²) in [5.74, 6) is 1.72. The summed E-state index contributed by atoms with van der Waals surface area (Å²) in [6.45, 7) is 12.9. The van der Waals surface area contributed by atoms with Crippen molar-refractivity contribution in [1.82, 2.24) is 20.0 Å². The summed E-state index contributed by atoms with van der Waals surface area (Å²) < 4.78 is 11.5. The Morgan fingerprint density at radius 3 is 2.50 bits per heavy atom. The molecule has 160 valence electrons. The quantitative estimate of drug-likeness (QED) is 0.531. The molecule has 3 aliphatic rings. The number of guanidine groups is 1. The number of ether oxygens (including phenoxy) is 2. The minimum absolute atomic E-state index is 0.154. The molecule has 3 aliphatic heterocycles. The van der Waals surface area contributed by atoms with E-state index in [-0.39, 0.29) is 18.1 Å². The second-order valence-electron chi connectivity index (χ2n) is 8.39. The molecule has 0 aromatic carbocycles. The SMILES string of the molecule is CN=C(NCC1CN(CC(C)C)CCO1)N1CCN(C(=O)C2CCCO2)CC1. The molecular formula is C20H37N5O3. The maximum absolute atomic E-state index is 12.5. The highest BCUT2D eigenvalue weighted by molar-refractivity contribution is 5.82. The molecule has 3 rings (SSSR count). The summed E-state index contributed by atoms with van der Waals surface area (Å²) in [4.78, 5) is 23.6. The van der Waals surface area contributed by atoms with Crippen LogP contribution >= 0.6 is 0 Å². The molecule has 2 atom stereocenters. The molecule has 8 heteroatoms. The van der Waals surface area contributed by atoms with E-state index in [0.29, 0.717) is 12.5 Å². The lowest BCUT2D eigenvalue weighted by molar-refractivity contribution is -0.142. The average Bonchev–Trinajstić information content (AvgIpc) is 3.23. The third-order valence-electron chi connectivity index (χ3n) is 5.64. The minimum atomic E-state index is -0.221. The summed E-state index contributed by atoms with van der Waals surface area (Å²) in [7, 11) is 1.82. The van der Waals surface area contributed by atoms with E-state index < -0.39 is 0 Å². The van der Waals surface area contributed by atoms with Crippen molar-refractivity contribution in [2.75, 3.05) is 72.6 Å². The van der Waals surface area contributed by atoms with Crippen LogP contribution in [0.15, 0.2) is 4.99 Å². The molecule has 2 unspecified atom stereocenters. The molecule has 8 nitrogen and oxygen atoms in total. The van der Waals surface area contributed by atoms with Crippen molar-refractivity contribution in [2.45, 2.75) is 38.9 Å². The van der Waals surface area contributed by atoms with Crippen LogP contribution in [0.3, 0.4) is 0 Å². The Morgan fingerprint density at radius 2 is 1.86 bits per heavy atom. The van der Waals surface area contributed by atoms with E-state index in [1.54, 1.807) is 0 Å². The fourth-order valence-corrected chi connectivity index (χ4v) is 4.24. The van der Waals surface area contributed by atoms with Crippen LogP contribution < -0.4 is 5.32 Å². The van der Waals surface area contributed by atoms with E-state index in [9.17, 15) is 4.79 Å². The Hall–Kier alpha value is -1.38. The van der Waals surface area contributed by atoms with Gasteiger partial charge in [0.2, 0.25) is 0 Å². The molecule has 0 aromatic rings. The number of carbonyl (C=O) groups is 1. The smallest absolute Gasteiger partial charge is 0.251 e. The number of piperazine rings is 1. The number of nitrogens with one attached hydrogen (secondary N) is 1. The summed E-state index contributed by atoms with van der Waals surface area (Å²) in [6, 6.07) is 0. The maximum Gasteiger partial charge on any atom is 0.251 e. The van der Waals surface area contributed by atoms with Gasteiger partial charge in [0.1, 0.15) is 6.10 Å². The zero-order valence-electron chi connectivity index (χ0n) is 17.7. The Morgan fingerprint density at radius 1 is 1.11 bits per heavy atom. The van der Waals surface area contributed by atoms with Gasteiger partial charge in [-0.15, -0.1) is 0 Å². The van der Waals surface area contributed by atoms with E-state index >= 15 is 0 Å². The number of hydrogen-bond donors (Lipinski definition) is 1. The monoisotopic (exact) mass is 395 g/mol. The van der Waals surface area contributed by atoms with Gasteiger partial charge in [-0.25, -0.2) is 0 Å². The van der Waals surface area contributed by atoms with Crippen molar-refractivity contribution in [3.05, 3.63) is 0 Å². The number of aliphatic imine (C=N–C) groups is 1. The Balaban J connectivity index is 1.41. The molecule has 0 saturated carbocycles. The summed E-state index contributed by atoms with van der Waals surface area (Å²) in [5, 5.41) is 3.48. The van der Waals surface area contributed by atoms with Crippen LogP contribution in [-0.4, -0.2) is 111 Å². The van der Waals surface area contributed by atoms with Gasteiger partial charge in [0.25, 0.3) is 5.91 Å². The second-order valence-corrected chi connectivity index (χ2v) is 8.39. The lowest BCUT2D eigenvalue weighted by Gasteiger charge is -2.38. The van der Waals surface area contributed by atoms with E-state index in [4.69, 9.17) is 9.47 Å². The Labute approximate surface area is 169 Å². The largest absolute Gasteiger partial charge is 0.374 e. The molecule has 28 heavy (non-hydrogen) atoms. The van der Waals surface area contributed by atoms with Crippen LogP contribution in [0.1, 0.15) is 26.7 Å². The lowest BCUT2D eigenvalue weighted by Crippen LogP contribution is -2.56. The van der Waals surface area contributed by atoms with Crippen molar-refractivity contribution >= 4 is 11.9 Å². The summed E-state index contributed by atoms with van der Waals surface area (Å²) in [6.07, 6.45) is 1.82. The van der Waals surface area contributed by atoms with E-state index in [1.807, 2.05) is 11.9 Å². The molecule has 0 aromatic heterocycles. The third kappa shape index (κ3) is 5.81. The normalized spacial score (nSPS) is 27.5. The highest BCUT2D eigenvalue weighted by atomic mass is 16.5. The van der Waals surface area contributed by atoms with Gasteiger partial charge in [-0.2, -0.15) is 0 Å². The number of carbonyl (C=O) groups excluding carboxylic acids is 1. The van der Waals surface area contributed by atoms with Gasteiger partial charge in [-0.3, -0.25) is 14.7 Å². The second kappa shape index (κ2) is 10.4. The number of rotatable bonds is 5. The molecule has 1 amide bonds. The molecule has 0 bridgehead atoms. The highest BCUT2D eigenvalue weighted by Crippen LogP contribution is 2.16. The molecule has 0 aliphatic carbocycles. The molecular weight excluding hydrogens is 358 g/mol. The molecule has 0 spiro atoms. The fourth-order valence-electron chi connectivity index (χ4n) is 4.24. The van der Waals surface area contributed by atoms with Crippen LogP contribution in [0.5, 0.6) is 0 Å². The van der Waals surface area contributed by atoms with Crippen molar-refractivity contribution < 1.29 is 14.3 Å². The van der Waals surface area contributed by atoms with Gasteiger partial charge in [0, 0.05) is 66.0 Å². The summed E-state index contributed by atoms with van der Waals surface area (Å²) in [5.41, 5.74) is 0. The zero-order valence-corrected chi connectivity index (χ0v) is 17.7. The average molecular weight is 396 g/mol. The van der Waals surface area contributed by atoms with E-state index in [2.05, 4.69) is 34.0 Å². The van der Waals surface area contributed by atoms with Crippen LogP contribution in [0.25, 0.3) is 0 Å². The predicted octanol–water partition coefficient (Wildman–Crippen LogP) is 0.242. The Bertz CT molecular complexity index is 528. The molecule has 1 N–H and O–H groups in total. The Kier molecular flexibility index (Phi) is 7.93. The number of morpholine rings is 1. The first-order valence-electron chi connectivity index (χ1n) is 10.8. The zero-order chi connectivity index (χ0) is 19.9. The van der Waals surface area contributed by atoms with Gasteiger partial charge >= 0.3 is 0 Å². The van der Waals surface area contributed by atoms with Crippen molar-refractivity contribution in [3.8, 4) is 0 Å². The van der Waals surface area contributed by atoms with Crippen LogP contribution in [-0.2, 0) is 14.3 Å². The number of hydrogen-bond acceptors (Lipinski definition) is 5. The van der Waals surface area contributed by atoms with Crippen molar-refractivity contribution in [2.24, 2.45) is 10.9 Å². The van der Waals surface area contributed by atoms with Crippen molar-refractivity contribution in [3.63, 3.8) is 0 Å². The third-order valence-corrected chi connectivity index (χ3v) is 5.64. The van der Waals surface area contributed by atoms with Crippen molar-refractivity contribution in [1.29, 1.82) is 0 Å². The van der Waals surface area contributed by atoms with E-state index in [0.717, 1.165) is 77.8 Å². The highest BCUT2D eigenvalue weighted by Gasteiger charge is 2.31. The lowest BCUT2D eigenvalue weighted by atomic mass is 10.2. The van der Waals surface area contributed by atoms with Crippen LogP contribution in [0.2, 0.25) is 0 Å². The molecule has 3 heterocycles. The maximum atomic E-state index is 12.5. The fraction of sp³-hybridized carbons (Fsp3) is 0.900. The standard InChI is InChI=1S/C20H37N5O3/c1-16(2)14-23-10-12-27-17(15-23)13-22-20(21-3)25-8-6-24(7-9-25)19(26)18-5-4-11-28-18/h16-18H,4-15H2,1-3H3,(H,21,22). The molecule has 3 saturated heterocycles. The van der Waals surface area contributed by atoms with Gasteiger partial charge < -0.3 is 24.6 Å². The van der Waals surface area contributed by atoms with Crippen LogP contribution in [0, 0.1) is 5.92 Å². The number of amides is 1. The van der Waals surface area contributed by atoms with Crippen LogP contribution in [0.4, 0.5) is 0 Å². The predicted molar refractivity (Wildman–Crippen MR) is 110 cm³/mol. The molecule has 0 radical (unpaired) electrons.